The maximum absolute atomic E-state index is 11.8. The summed E-state index contributed by atoms with van der Waals surface area (Å²) in [5.74, 6) is 0.683. The molecule has 0 aromatic rings. The molecule has 2 saturated heterocycles. The number of piperidine rings is 1. The SMILES string of the molecule is CCCS(=O)(=O)NC[C@@H]1CCN(C2CC(C)(C)NC(C)(C)C2)C1. The van der Waals surface area contributed by atoms with E-state index >= 15 is 0 Å². The van der Waals surface area contributed by atoms with Crippen LogP contribution in [0.5, 0.6) is 0 Å². The third-order valence-electron chi connectivity index (χ3n) is 5.07. The van der Waals surface area contributed by atoms with Crippen molar-refractivity contribution in [2.45, 2.75) is 77.4 Å². The van der Waals surface area contributed by atoms with Crippen molar-refractivity contribution in [2.24, 2.45) is 5.92 Å². The van der Waals surface area contributed by atoms with Crippen LogP contribution in [0.15, 0.2) is 0 Å². The summed E-state index contributed by atoms with van der Waals surface area (Å²) in [6, 6.07) is 0.596. The third-order valence-corrected chi connectivity index (χ3v) is 6.62. The number of hydrogen-bond acceptors (Lipinski definition) is 4. The minimum Gasteiger partial charge on any atom is -0.307 e. The number of nitrogens with one attached hydrogen (secondary N) is 2. The smallest absolute Gasteiger partial charge is 0.211 e. The van der Waals surface area contributed by atoms with Gasteiger partial charge in [0.1, 0.15) is 0 Å². The second-order valence-corrected chi connectivity index (χ2v) is 10.7. The molecular formula is C17H35N3O2S. The molecule has 2 N–H and O–H groups in total. The average Bonchev–Trinajstić information content (AvgIpc) is 2.81. The molecule has 5 nitrogen and oxygen atoms in total. The van der Waals surface area contributed by atoms with Crippen molar-refractivity contribution in [2.75, 3.05) is 25.4 Å². The van der Waals surface area contributed by atoms with Crippen molar-refractivity contribution in [3.63, 3.8) is 0 Å². The fourth-order valence-electron chi connectivity index (χ4n) is 4.47. The summed E-state index contributed by atoms with van der Waals surface area (Å²) in [4.78, 5) is 2.59. The number of hydrogen-bond donors (Lipinski definition) is 2. The van der Waals surface area contributed by atoms with E-state index in [9.17, 15) is 8.42 Å². The number of sulfonamides is 1. The van der Waals surface area contributed by atoms with Crippen LogP contribution in [0.2, 0.25) is 0 Å². The number of nitrogens with zero attached hydrogens (tertiary/aromatic N) is 1. The fourth-order valence-corrected chi connectivity index (χ4v) is 5.64. The molecule has 0 unspecified atom stereocenters. The summed E-state index contributed by atoms with van der Waals surface area (Å²) in [6.07, 6.45) is 4.08. The van der Waals surface area contributed by atoms with Crippen LogP contribution in [0.25, 0.3) is 0 Å². The van der Waals surface area contributed by atoms with E-state index in [2.05, 4.69) is 42.6 Å². The summed E-state index contributed by atoms with van der Waals surface area (Å²) in [5, 5.41) is 3.74. The van der Waals surface area contributed by atoms with Gasteiger partial charge in [0, 0.05) is 30.2 Å². The summed E-state index contributed by atoms with van der Waals surface area (Å²) >= 11 is 0. The molecular weight excluding hydrogens is 310 g/mol. The van der Waals surface area contributed by atoms with Gasteiger partial charge in [-0.1, -0.05) is 6.92 Å². The molecule has 0 aromatic heterocycles. The van der Waals surface area contributed by atoms with E-state index in [-0.39, 0.29) is 16.8 Å². The lowest BCUT2D eigenvalue weighted by atomic mass is 9.79. The summed E-state index contributed by atoms with van der Waals surface area (Å²) in [7, 11) is -3.08. The first-order valence-electron chi connectivity index (χ1n) is 9.03. The molecule has 2 rings (SSSR count). The van der Waals surface area contributed by atoms with Gasteiger partial charge in [0.15, 0.2) is 0 Å². The number of rotatable bonds is 6. The van der Waals surface area contributed by atoms with Gasteiger partial charge in [-0.15, -0.1) is 0 Å². The monoisotopic (exact) mass is 345 g/mol. The molecule has 0 amide bonds. The van der Waals surface area contributed by atoms with Crippen molar-refractivity contribution < 1.29 is 8.42 Å². The minimum absolute atomic E-state index is 0.160. The van der Waals surface area contributed by atoms with Gasteiger partial charge in [0.05, 0.1) is 5.75 Å². The predicted molar refractivity (Wildman–Crippen MR) is 96.1 cm³/mol. The normalized spacial score (nSPS) is 29.0. The van der Waals surface area contributed by atoms with Crippen LogP contribution in [-0.2, 0) is 10.0 Å². The highest BCUT2D eigenvalue weighted by Crippen LogP contribution is 2.33. The Hall–Kier alpha value is -0.170. The highest BCUT2D eigenvalue weighted by atomic mass is 32.2. The average molecular weight is 346 g/mol. The molecule has 2 heterocycles. The van der Waals surface area contributed by atoms with E-state index in [0.29, 0.717) is 24.9 Å². The Morgan fingerprint density at radius 3 is 2.35 bits per heavy atom. The van der Waals surface area contributed by atoms with Crippen molar-refractivity contribution in [3.8, 4) is 0 Å². The van der Waals surface area contributed by atoms with Gasteiger partial charge in [0.2, 0.25) is 10.0 Å². The van der Waals surface area contributed by atoms with Gasteiger partial charge in [-0.3, -0.25) is 4.90 Å². The van der Waals surface area contributed by atoms with Gasteiger partial charge < -0.3 is 5.32 Å². The minimum atomic E-state index is -3.08. The second-order valence-electron chi connectivity index (χ2n) is 8.77. The molecule has 0 radical (unpaired) electrons. The number of likely N-dealkylation sites (tertiary alicyclic amines) is 1. The predicted octanol–water partition coefficient (Wildman–Crippen LogP) is 1.95. The van der Waals surface area contributed by atoms with Gasteiger partial charge in [-0.2, -0.15) is 0 Å². The quantitative estimate of drug-likeness (QED) is 0.772. The van der Waals surface area contributed by atoms with Crippen LogP contribution < -0.4 is 10.0 Å². The van der Waals surface area contributed by atoms with E-state index in [1.165, 1.54) is 0 Å². The molecule has 0 aromatic carbocycles. The second kappa shape index (κ2) is 6.98. The molecule has 23 heavy (non-hydrogen) atoms. The molecule has 6 heteroatoms. The van der Waals surface area contributed by atoms with Crippen LogP contribution in [-0.4, -0.2) is 55.8 Å². The Morgan fingerprint density at radius 1 is 1.17 bits per heavy atom. The Bertz CT molecular complexity index is 486. The van der Waals surface area contributed by atoms with E-state index < -0.39 is 10.0 Å². The fraction of sp³-hybridized carbons (Fsp3) is 1.00. The van der Waals surface area contributed by atoms with Crippen LogP contribution in [0, 0.1) is 5.92 Å². The molecule has 1 atom stereocenters. The molecule has 0 bridgehead atoms. The van der Waals surface area contributed by atoms with E-state index in [1.54, 1.807) is 0 Å². The lowest BCUT2D eigenvalue weighted by molar-refractivity contribution is 0.0785. The lowest BCUT2D eigenvalue weighted by Crippen LogP contribution is -2.62. The molecule has 2 aliphatic rings. The standard InChI is InChI=1S/C17H35N3O2S/c1-6-9-23(21,22)18-12-14-7-8-20(13-14)15-10-16(2,3)19-17(4,5)11-15/h14-15,18-19H,6-13H2,1-5H3/t14-/m0/s1. The van der Waals surface area contributed by atoms with Crippen LogP contribution >= 0.6 is 0 Å². The molecule has 0 saturated carbocycles. The highest BCUT2D eigenvalue weighted by Gasteiger charge is 2.41. The lowest BCUT2D eigenvalue weighted by Gasteiger charge is -2.49. The molecule has 2 fully saturated rings. The van der Waals surface area contributed by atoms with E-state index in [1.807, 2.05) is 6.92 Å². The summed E-state index contributed by atoms with van der Waals surface area (Å²) in [6.45, 7) is 13.7. The van der Waals surface area contributed by atoms with Crippen molar-refractivity contribution >= 4 is 10.0 Å². The van der Waals surface area contributed by atoms with Gasteiger partial charge in [-0.05, 0) is 65.8 Å². The molecule has 2 aliphatic heterocycles. The Balaban J connectivity index is 1.87. The first-order chi connectivity index (χ1) is 10.5. The van der Waals surface area contributed by atoms with Crippen molar-refractivity contribution in [1.82, 2.24) is 14.9 Å². The summed E-state index contributed by atoms with van der Waals surface area (Å²) < 4.78 is 26.4. The molecule has 136 valence electrons. The van der Waals surface area contributed by atoms with Gasteiger partial charge in [-0.25, -0.2) is 13.1 Å². The molecule has 0 spiro atoms. The van der Waals surface area contributed by atoms with Crippen LogP contribution in [0.4, 0.5) is 0 Å². The van der Waals surface area contributed by atoms with E-state index in [0.717, 1.165) is 32.4 Å². The zero-order valence-corrected chi connectivity index (χ0v) is 16.3. The van der Waals surface area contributed by atoms with Crippen LogP contribution in [0.3, 0.4) is 0 Å². The third kappa shape index (κ3) is 5.69. The van der Waals surface area contributed by atoms with Crippen molar-refractivity contribution in [3.05, 3.63) is 0 Å². The Labute approximate surface area is 142 Å². The first-order valence-corrected chi connectivity index (χ1v) is 10.7. The zero-order chi connectivity index (χ0) is 17.3. The maximum atomic E-state index is 11.8. The maximum Gasteiger partial charge on any atom is 0.211 e. The Morgan fingerprint density at radius 2 is 1.78 bits per heavy atom. The van der Waals surface area contributed by atoms with Crippen molar-refractivity contribution in [1.29, 1.82) is 0 Å². The summed E-state index contributed by atoms with van der Waals surface area (Å²) in [5.41, 5.74) is 0.320. The largest absolute Gasteiger partial charge is 0.307 e. The van der Waals surface area contributed by atoms with Gasteiger partial charge >= 0.3 is 0 Å². The topological polar surface area (TPSA) is 61.4 Å². The van der Waals surface area contributed by atoms with Crippen LogP contribution in [0.1, 0.15) is 60.3 Å². The Kier molecular flexibility index (Phi) is 5.82. The highest BCUT2D eigenvalue weighted by molar-refractivity contribution is 7.89. The first kappa shape index (κ1) is 19.2. The molecule has 0 aliphatic carbocycles. The zero-order valence-electron chi connectivity index (χ0n) is 15.5. The van der Waals surface area contributed by atoms with Gasteiger partial charge in [0.25, 0.3) is 0 Å². The van der Waals surface area contributed by atoms with E-state index in [4.69, 9.17) is 0 Å².